The molecule has 8 heteroatoms. The Morgan fingerprint density at radius 1 is 1.06 bits per heavy atom. The van der Waals surface area contributed by atoms with Gasteiger partial charge in [-0.05, 0) is 66.6 Å². The number of fused-ring (bicyclic) bond motifs is 1. The molecule has 3 aromatic carbocycles. The summed E-state index contributed by atoms with van der Waals surface area (Å²) in [4.78, 5) is 32.3. The maximum absolute atomic E-state index is 13.7. The first-order valence-corrected chi connectivity index (χ1v) is 11.3. The van der Waals surface area contributed by atoms with Crippen LogP contribution in [0.25, 0.3) is 16.0 Å². The second kappa shape index (κ2) is 8.39. The van der Waals surface area contributed by atoms with Crippen molar-refractivity contribution in [2.75, 3.05) is 12.0 Å². The van der Waals surface area contributed by atoms with Gasteiger partial charge in [-0.3, -0.25) is 14.5 Å². The molecule has 170 valence electrons. The Balaban J connectivity index is 1.71. The number of hydrogen-bond acceptors (Lipinski definition) is 6. The number of hydrogen-bond donors (Lipinski definition) is 1. The number of ketones is 1. The number of aliphatic hydroxyl groups excluding tert-OH is 1. The second-order valence-corrected chi connectivity index (χ2v) is 8.93. The minimum atomic E-state index is -0.968. The van der Waals surface area contributed by atoms with Crippen LogP contribution in [-0.4, -0.2) is 28.9 Å². The van der Waals surface area contributed by atoms with Crippen LogP contribution in [0.15, 0.2) is 72.3 Å². The van der Waals surface area contributed by atoms with Gasteiger partial charge in [0.25, 0.3) is 5.78 Å². The van der Waals surface area contributed by atoms with E-state index < -0.39 is 23.5 Å². The Labute approximate surface area is 198 Å². The number of carbonyl (C=O) groups excluding carboxylic acids is 2. The molecule has 1 saturated heterocycles. The standard InChI is InChI=1S/C26H19FN2O4S/c1-14-3-12-19-20(13-14)34-26(28-19)29-22(15-4-8-17(27)9-5-15)21(24(31)25(29)32)23(30)16-6-10-18(33-2)11-7-16/h3-13,22,30H,1-2H3. The lowest BCUT2D eigenvalue weighted by molar-refractivity contribution is -0.132. The van der Waals surface area contributed by atoms with Crippen LogP contribution in [-0.2, 0) is 9.59 Å². The van der Waals surface area contributed by atoms with Gasteiger partial charge in [0.15, 0.2) is 5.13 Å². The van der Waals surface area contributed by atoms with Crippen molar-refractivity contribution in [3.05, 3.63) is 94.8 Å². The molecule has 1 aliphatic rings. The molecule has 2 heterocycles. The van der Waals surface area contributed by atoms with Crippen LogP contribution < -0.4 is 9.64 Å². The number of ether oxygens (including phenoxy) is 1. The topological polar surface area (TPSA) is 79.7 Å². The maximum atomic E-state index is 13.7. The predicted octanol–water partition coefficient (Wildman–Crippen LogP) is 5.38. The average molecular weight is 475 g/mol. The summed E-state index contributed by atoms with van der Waals surface area (Å²) in [7, 11) is 1.52. The number of methoxy groups -OCH3 is 1. The summed E-state index contributed by atoms with van der Waals surface area (Å²) in [5, 5.41) is 11.5. The Hall–Kier alpha value is -4.04. The van der Waals surface area contributed by atoms with Crippen LogP contribution in [0.3, 0.4) is 0 Å². The molecular formula is C26H19FN2O4S. The number of halogens is 1. The summed E-state index contributed by atoms with van der Waals surface area (Å²) in [6, 6.07) is 16.8. The Kier molecular flexibility index (Phi) is 5.37. The summed E-state index contributed by atoms with van der Waals surface area (Å²) < 4.78 is 19.7. The first-order valence-electron chi connectivity index (χ1n) is 10.5. The van der Waals surface area contributed by atoms with Crippen molar-refractivity contribution >= 4 is 44.1 Å². The Bertz CT molecular complexity index is 1460. The molecule has 1 unspecified atom stereocenters. The Morgan fingerprint density at radius 2 is 1.76 bits per heavy atom. The molecule has 6 nitrogen and oxygen atoms in total. The van der Waals surface area contributed by atoms with Gasteiger partial charge in [-0.25, -0.2) is 9.37 Å². The lowest BCUT2D eigenvalue weighted by Crippen LogP contribution is -2.29. The zero-order chi connectivity index (χ0) is 24.0. The van der Waals surface area contributed by atoms with E-state index in [1.165, 1.54) is 47.6 Å². The van der Waals surface area contributed by atoms with Crippen LogP contribution in [0.4, 0.5) is 9.52 Å². The van der Waals surface area contributed by atoms with Gasteiger partial charge in [0, 0.05) is 5.56 Å². The monoisotopic (exact) mass is 474 g/mol. The molecule has 1 aromatic heterocycles. The van der Waals surface area contributed by atoms with Gasteiger partial charge in [-0.2, -0.15) is 0 Å². The molecule has 1 atom stereocenters. The third-order valence-corrected chi connectivity index (χ3v) is 6.75. The fourth-order valence-corrected chi connectivity index (χ4v) is 5.11. The minimum Gasteiger partial charge on any atom is -0.507 e. The number of aryl methyl sites for hydroxylation is 1. The van der Waals surface area contributed by atoms with Crippen molar-refractivity contribution in [2.45, 2.75) is 13.0 Å². The van der Waals surface area contributed by atoms with E-state index in [4.69, 9.17) is 4.74 Å². The van der Waals surface area contributed by atoms with Crippen molar-refractivity contribution in [3.63, 3.8) is 0 Å². The van der Waals surface area contributed by atoms with Crippen LogP contribution in [0.2, 0.25) is 0 Å². The van der Waals surface area contributed by atoms with Crippen molar-refractivity contribution in [1.82, 2.24) is 4.98 Å². The zero-order valence-corrected chi connectivity index (χ0v) is 19.1. The van der Waals surface area contributed by atoms with Gasteiger partial charge in [0.2, 0.25) is 0 Å². The molecule has 0 bridgehead atoms. The molecule has 5 rings (SSSR count). The highest BCUT2D eigenvalue weighted by atomic mass is 32.1. The molecule has 1 amide bonds. The number of thiazole rings is 1. The lowest BCUT2D eigenvalue weighted by Gasteiger charge is -2.23. The molecule has 0 spiro atoms. The van der Waals surface area contributed by atoms with Crippen molar-refractivity contribution in [1.29, 1.82) is 0 Å². The smallest absolute Gasteiger partial charge is 0.301 e. The number of carbonyl (C=O) groups is 2. The highest BCUT2D eigenvalue weighted by Gasteiger charge is 2.48. The minimum absolute atomic E-state index is 0.0859. The number of Topliss-reactive ketones (excluding diaryl/α,β-unsaturated/α-hetero) is 1. The van der Waals surface area contributed by atoms with E-state index in [-0.39, 0.29) is 11.3 Å². The van der Waals surface area contributed by atoms with Gasteiger partial charge in [-0.1, -0.05) is 29.5 Å². The summed E-state index contributed by atoms with van der Waals surface area (Å²) in [6.45, 7) is 1.96. The first-order chi connectivity index (χ1) is 16.4. The number of nitrogens with zero attached hydrogens (tertiary/aromatic N) is 2. The summed E-state index contributed by atoms with van der Waals surface area (Å²) in [5.41, 5.74) is 2.48. The lowest BCUT2D eigenvalue weighted by atomic mass is 9.95. The van der Waals surface area contributed by atoms with Gasteiger partial charge in [-0.15, -0.1) is 0 Å². The van der Waals surface area contributed by atoms with E-state index >= 15 is 0 Å². The third-order valence-electron chi connectivity index (χ3n) is 5.73. The van der Waals surface area contributed by atoms with Crippen LogP contribution in [0.5, 0.6) is 5.75 Å². The van der Waals surface area contributed by atoms with Crippen LogP contribution in [0.1, 0.15) is 22.7 Å². The van der Waals surface area contributed by atoms with Gasteiger partial charge >= 0.3 is 5.91 Å². The van der Waals surface area contributed by atoms with Crippen LogP contribution in [0, 0.1) is 12.7 Å². The van der Waals surface area contributed by atoms with Crippen molar-refractivity contribution < 1.29 is 23.8 Å². The highest BCUT2D eigenvalue weighted by Crippen LogP contribution is 2.44. The van der Waals surface area contributed by atoms with E-state index in [1.807, 2.05) is 25.1 Å². The van der Waals surface area contributed by atoms with E-state index in [1.54, 1.807) is 24.3 Å². The van der Waals surface area contributed by atoms with E-state index in [0.717, 1.165) is 10.3 Å². The fourth-order valence-electron chi connectivity index (χ4n) is 4.02. The largest absolute Gasteiger partial charge is 0.507 e. The number of benzene rings is 3. The molecular weight excluding hydrogens is 455 g/mol. The fraction of sp³-hybridized carbons (Fsp3) is 0.115. The number of aromatic nitrogens is 1. The molecule has 34 heavy (non-hydrogen) atoms. The van der Waals surface area contributed by atoms with E-state index in [0.29, 0.717) is 27.5 Å². The van der Waals surface area contributed by atoms with E-state index in [2.05, 4.69) is 4.98 Å². The highest BCUT2D eigenvalue weighted by molar-refractivity contribution is 7.22. The van der Waals surface area contributed by atoms with Gasteiger partial charge in [0.1, 0.15) is 17.3 Å². The predicted molar refractivity (Wildman–Crippen MR) is 129 cm³/mol. The number of amides is 1. The molecule has 0 aliphatic carbocycles. The molecule has 0 saturated carbocycles. The maximum Gasteiger partial charge on any atom is 0.301 e. The zero-order valence-electron chi connectivity index (χ0n) is 18.3. The molecule has 1 aliphatic heterocycles. The van der Waals surface area contributed by atoms with Crippen molar-refractivity contribution in [2.24, 2.45) is 0 Å². The number of anilines is 1. The van der Waals surface area contributed by atoms with Crippen molar-refractivity contribution in [3.8, 4) is 5.75 Å². The second-order valence-electron chi connectivity index (χ2n) is 7.92. The number of rotatable bonds is 4. The molecule has 1 N–H and O–H groups in total. The number of aliphatic hydroxyl groups is 1. The first kappa shape index (κ1) is 21.8. The summed E-state index contributed by atoms with van der Waals surface area (Å²) in [5.74, 6) is -1.84. The van der Waals surface area contributed by atoms with Gasteiger partial charge < -0.3 is 9.84 Å². The average Bonchev–Trinajstić information content (AvgIpc) is 3.37. The van der Waals surface area contributed by atoms with Gasteiger partial charge in [0.05, 0.1) is 28.9 Å². The quantitative estimate of drug-likeness (QED) is 0.244. The molecule has 0 radical (unpaired) electrons. The summed E-state index contributed by atoms with van der Waals surface area (Å²) in [6.07, 6.45) is 0. The van der Waals surface area contributed by atoms with E-state index in [9.17, 15) is 19.1 Å². The molecule has 1 fully saturated rings. The van der Waals surface area contributed by atoms with Crippen LogP contribution >= 0.6 is 11.3 Å². The molecule has 4 aromatic rings. The SMILES string of the molecule is COc1ccc(C(O)=C2C(=O)C(=O)N(c3nc4ccc(C)cc4s3)C2c2ccc(F)cc2)cc1. The third kappa shape index (κ3) is 3.62. The summed E-state index contributed by atoms with van der Waals surface area (Å²) >= 11 is 1.28. The normalized spacial score (nSPS) is 17.5. The Morgan fingerprint density at radius 3 is 2.44 bits per heavy atom.